The van der Waals surface area contributed by atoms with Crippen molar-refractivity contribution in [1.29, 1.82) is 0 Å². The molecule has 0 saturated heterocycles. The van der Waals surface area contributed by atoms with Gasteiger partial charge in [0.05, 0.1) is 5.92 Å². The lowest BCUT2D eigenvalue weighted by Gasteiger charge is -1.97. The lowest BCUT2D eigenvalue weighted by atomic mass is 10.1. The third kappa shape index (κ3) is 1.39. The Kier molecular flexibility index (Phi) is 2.20. The number of aliphatic carboxylic acids is 1. The highest BCUT2D eigenvalue weighted by molar-refractivity contribution is 6.53. The Balaban J connectivity index is 2.28. The molecule has 0 spiro atoms. The molecular formula is C10H8Cl2O2. The molecule has 0 radical (unpaired) electrons. The molecule has 0 unspecified atom stereocenters. The fourth-order valence-corrected chi connectivity index (χ4v) is 2.53. The van der Waals surface area contributed by atoms with Crippen molar-refractivity contribution in [3.63, 3.8) is 0 Å². The molecule has 1 saturated carbocycles. The molecule has 14 heavy (non-hydrogen) atoms. The second kappa shape index (κ2) is 3.14. The summed E-state index contributed by atoms with van der Waals surface area (Å²) < 4.78 is -1.15. The van der Waals surface area contributed by atoms with Crippen molar-refractivity contribution in [3.05, 3.63) is 35.9 Å². The molecular weight excluding hydrogens is 223 g/mol. The number of hydrogen-bond acceptors (Lipinski definition) is 1. The minimum Gasteiger partial charge on any atom is -0.481 e. The first-order valence-electron chi connectivity index (χ1n) is 4.20. The number of carboxylic acids is 1. The first-order valence-corrected chi connectivity index (χ1v) is 4.96. The molecule has 0 heterocycles. The van der Waals surface area contributed by atoms with E-state index in [1.807, 2.05) is 30.3 Å². The summed E-state index contributed by atoms with van der Waals surface area (Å²) in [6.07, 6.45) is 0. The SMILES string of the molecule is O=C(O)[C@H]1[C@H](c2ccccc2)C1(Cl)Cl. The molecule has 2 atom stereocenters. The minimum atomic E-state index is -1.15. The van der Waals surface area contributed by atoms with Crippen LogP contribution in [0, 0.1) is 5.92 Å². The van der Waals surface area contributed by atoms with Gasteiger partial charge < -0.3 is 5.11 Å². The largest absolute Gasteiger partial charge is 0.481 e. The Labute approximate surface area is 91.4 Å². The van der Waals surface area contributed by atoms with Crippen molar-refractivity contribution in [1.82, 2.24) is 0 Å². The molecule has 0 bridgehead atoms. The molecule has 1 aromatic carbocycles. The third-order valence-electron chi connectivity index (χ3n) is 2.48. The van der Waals surface area contributed by atoms with Gasteiger partial charge in [0.1, 0.15) is 4.33 Å². The summed E-state index contributed by atoms with van der Waals surface area (Å²) in [6.45, 7) is 0. The molecule has 74 valence electrons. The molecule has 1 aliphatic carbocycles. The number of carbonyl (C=O) groups is 1. The number of halogens is 2. The minimum absolute atomic E-state index is 0.287. The van der Waals surface area contributed by atoms with E-state index in [1.54, 1.807) is 0 Å². The zero-order chi connectivity index (χ0) is 10.3. The van der Waals surface area contributed by atoms with Gasteiger partial charge in [-0.05, 0) is 5.56 Å². The van der Waals surface area contributed by atoms with Gasteiger partial charge >= 0.3 is 5.97 Å². The standard InChI is InChI=1S/C10H8Cl2O2/c11-10(12)7(8(10)9(13)14)6-4-2-1-3-5-6/h1-5,7-8H,(H,13,14)/t7-,8+/m0/s1. The first kappa shape index (κ1) is 9.81. The van der Waals surface area contributed by atoms with Crippen LogP contribution in [0.15, 0.2) is 30.3 Å². The van der Waals surface area contributed by atoms with Gasteiger partial charge in [0.2, 0.25) is 0 Å². The molecule has 0 aromatic heterocycles. The lowest BCUT2D eigenvalue weighted by Crippen LogP contribution is -2.03. The first-order chi connectivity index (χ1) is 6.55. The zero-order valence-electron chi connectivity index (χ0n) is 7.15. The summed E-state index contributed by atoms with van der Waals surface area (Å²) >= 11 is 11.8. The summed E-state index contributed by atoms with van der Waals surface area (Å²) in [5, 5.41) is 8.85. The molecule has 0 amide bonds. The lowest BCUT2D eigenvalue weighted by molar-refractivity contribution is -0.138. The van der Waals surface area contributed by atoms with E-state index in [-0.39, 0.29) is 5.92 Å². The van der Waals surface area contributed by atoms with Gasteiger partial charge in [-0.15, -0.1) is 0 Å². The average Bonchev–Trinajstić information content (AvgIpc) is 2.71. The van der Waals surface area contributed by atoms with Crippen molar-refractivity contribution in [2.75, 3.05) is 0 Å². The average molecular weight is 231 g/mol. The molecule has 2 rings (SSSR count). The Bertz CT molecular complexity index is 362. The molecule has 1 aromatic rings. The number of carboxylic acid groups (broad SMARTS) is 1. The smallest absolute Gasteiger partial charge is 0.310 e. The summed E-state index contributed by atoms with van der Waals surface area (Å²) in [5.74, 6) is -1.92. The Morgan fingerprint density at radius 3 is 2.29 bits per heavy atom. The van der Waals surface area contributed by atoms with E-state index in [0.29, 0.717) is 0 Å². The predicted octanol–water partition coefficient (Wildman–Crippen LogP) is 2.66. The van der Waals surface area contributed by atoms with Crippen LogP contribution in [-0.4, -0.2) is 15.4 Å². The highest BCUT2D eigenvalue weighted by Gasteiger charge is 2.68. The van der Waals surface area contributed by atoms with E-state index >= 15 is 0 Å². The fraction of sp³-hybridized carbons (Fsp3) is 0.300. The fourth-order valence-electron chi connectivity index (χ4n) is 1.71. The summed E-state index contributed by atoms with van der Waals surface area (Å²) in [6, 6.07) is 9.23. The Morgan fingerprint density at radius 1 is 1.29 bits per heavy atom. The van der Waals surface area contributed by atoms with E-state index in [9.17, 15) is 4.79 Å². The summed E-state index contributed by atoms with van der Waals surface area (Å²) in [7, 11) is 0. The van der Waals surface area contributed by atoms with Gasteiger partial charge in [0.15, 0.2) is 0 Å². The van der Waals surface area contributed by atoms with Crippen LogP contribution in [0.4, 0.5) is 0 Å². The van der Waals surface area contributed by atoms with Gasteiger partial charge in [-0.1, -0.05) is 53.5 Å². The van der Waals surface area contributed by atoms with Crippen LogP contribution in [0.5, 0.6) is 0 Å². The number of rotatable bonds is 2. The normalized spacial score (nSPS) is 28.4. The van der Waals surface area contributed by atoms with Crippen molar-refractivity contribution in [2.24, 2.45) is 5.92 Å². The highest BCUT2D eigenvalue weighted by atomic mass is 35.5. The topological polar surface area (TPSA) is 37.3 Å². The van der Waals surface area contributed by atoms with Crippen molar-refractivity contribution in [3.8, 4) is 0 Å². The third-order valence-corrected chi connectivity index (χ3v) is 3.42. The van der Waals surface area contributed by atoms with Gasteiger partial charge in [-0.2, -0.15) is 0 Å². The predicted molar refractivity (Wildman–Crippen MR) is 54.7 cm³/mol. The summed E-state index contributed by atoms with van der Waals surface area (Å²) in [5.41, 5.74) is 0.880. The molecule has 1 N–H and O–H groups in total. The van der Waals surface area contributed by atoms with Crippen molar-refractivity contribution >= 4 is 29.2 Å². The van der Waals surface area contributed by atoms with Crippen LogP contribution < -0.4 is 0 Å². The quantitative estimate of drug-likeness (QED) is 0.794. The maximum absolute atomic E-state index is 10.8. The van der Waals surface area contributed by atoms with E-state index < -0.39 is 16.2 Å². The van der Waals surface area contributed by atoms with Gasteiger partial charge in [-0.3, -0.25) is 4.79 Å². The number of hydrogen-bond donors (Lipinski definition) is 1. The second-order valence-electron chi connectivity index (χ2n) is 3.38. The van der Waals surface area contributed by atoms with Crippen LogP contribution in [0.2, 0.25) is 0 Å². The van der Waals surface area contributed by atoms with Crippen LogP contribution in [-0.2, 0) is 4.79 Å². The molecule has 4 heteroatoms. The number of alkyl halides is 2. The van der Waals surface area contributed by atoms with E-state index in [2.05, 4.69) is 0 Å². The zero-order valence-corrected chi connectivity index (χ0v) is 8.66. The van der Waals surface area contributed by atoms with Crippen LogP contribution in [0.3, 0.4) is 0 Å². The van der Waals surface area contributed by atoms with Crippen LogP contribution in [0.25, 0.3) is 0 Å². The van der Waals surface area contributed by atoms with Crippen LogP contribution >= 0.6 is 23.2 Å². The van der Waals surface area contributed by atoms with Gasteiger partial charge in [0, 0.05) is 5.92 Å². The molecule has 2 nitrogen and oxygen atoms in total. The molecule has 1 aliphatic rings. The van der Waals surface area contributed by atoms with Gasteiger partial charge in [0.25, 0.3) is 0 Å². The Hall–Kier alpha value is -0.730. The maximum Gasteiger partial charge on any atom is 0.310 e. The van der Waals surface area contributed by atoms with E-state index in [0.717, 1.165) is 5.56 Å². The van der Waals surface area contributed by atoms with Crippen molar-refractivity contribution in [2.45, 2.75) is 10.3 Å². The van der Waals surface area contributed by atoms with Crippen LogP contribution in [0.1, 0.15) is 11.5 Å². The molecule has 0 aliphatic heterocycles. The Morgan fingerprint density at radius 2 is 1.86 bits per heavy atom. The monoisotopic (exact) mass is 230 g/mol. The highest BCUT2D eigenvalue weighted by Crippen LogP contribution is 2.64. The maximum atomic E-state index is 10.8. The van der Waals surface area contributed by atoms with Crippen molar-refractivity contribution < 1.29 is 9.90 Å². The second-order valence-corrected chi connectivity index (χ2v) is 4.82. The van der Waals surface area contributed by atoms with E-state index in [1.165, 1.54) is 0 Å². The summed E-state index contributed by atoms with van der Waals surface area (Å²) in [4.78, 5) is 10.8. The van der Waals surface area contributed by atoms with E-state index in [4.69, 9.17) is 28.3 Å². The van der Waals surface area contributed by atoms with Gasteiger partial charge in [-0.25, -0.2) is 0 Å². The molecule has 1 fully saturated rings. The number of benzene rings is 1.